The zero-order valence-corrected chi connectivity index (χ0v) is 12.6. The highest BCUT2D eigenvalue weighted by Gasteiger charge is 2.08. The van der Waals surface area contributed by atoms with Crippen LogP contribution in [0.2, 0.25) is 5.02 Å². The summed E-state index contributed by atoms with van der Waals surface area (Å²) in [6.45, 7) is 4.59. The van der Waals surface area contributed by atoms with Crippen molar-refractivity contribution in [2.45, 2.75) is 19.6 Å². The highest BCUT2D eigenvalue weighted by molar-refractivity contribution is 7.98. The van der Waals surface area contributed by atoms with E-state index in [9.17, 15) is 0 Å². The van der Waals surface area contributed by atoms with Crippen LogP contribution in [0.4, 0.5) is 0 Å². The molecular formula is C14H16ClNO2S. The third-order valence-corrected chi connectivity index (χ3v) is 3.94. The first-order chi connectivity index (χ1) is 9.16. The Hall–Kier alpha value is -1.13. The van der Waals surface area contributed by atoms with Gasteiger partial charge >= 0.3 is 0 Å². The molecule has 0 atom stereocenters. The van der Waals surface area contributed by atoms with Crippen LogP contribution in [0.15, 0.2) is 28.8 Å². The Morgan fingerprint density at radius 1 is 1.26 bits per heavy atom. The van der Waals surface area contributed by atoms with Crippen LogP contribution in [0.5, 0.6) is 5.75 Å². The summed E-state index contributed by atoms with van der Waals surface area (Å²) in [6.07, 6.45) is 0. The Bertz CT molecular complexity index is 505. The molecule has 1 heterocycles. The largest absolute Gasteiger partial charge is 0.493 e. The molecule has 0 saturated carbocycles. The normalized spacial score (nSPS) is 10.7. The zero-order chi connectivity index (χ0) is 13.7. The van der Waals surface area contributed by atoms with Gasteiger partial charge in [0.15, 0.2) is 0 Å². The molecule has 0 amide bonds. The molecule has 0 bridgehead atoms. The van der Waals surface area contributed by atoms with Gasteiger partial charge in [-0.3, -0.25) is 0 Å². The van der Waals surface area contributed by atoms with E-state index >= 15 is 0 Å². The van der Waals surface area contributed by atoms with Crippen LogP contribution in [-0.4, -0.2) is 17.5 Å². The first kappa shape index (κ1) is 14.3. The van der Waals surface area contributed by atoms with Crippen molar-refractivity contribution in [3.05, 3.63) is 46.3 Å². The summed E-state index contributed by atoms with van der Waals surface area (Å²) in [5.74, 6) is 3.59. The third kappa shape index (κ3) is 4.18. The molecule has 19 heavy (non-hydrogen) atoms. The SMILES string of the molecule is Cc1noc(C)c1CSCCOc1ccc(Cl)cc1. The topological polar surface area (TPSA) is 35.3 Å². The Labute approximate surface area is 122 Å². The predicted octanol–water partition coefficient (Wildman–Crippen LogP) is 4.26. The van der Waals surface area contributed by atoms with Crippen LogP contribution in [-0.2, 0) is 5.75 Å². The molecule has 2 aromatic rings. The monoisotopic (exact) mass is 297 g/mol. The lowest BCUT2D eigenvalue weighted by Crippen LogP contribution is -2.00. The lowest BCUT2D eigenvalue weighted by Gasteiger charge is -2.06. The quantitative estimate of drug-likeness (QED) is 0.746. The summed E-state index contributed by atoms with van der Waals surface area (Å²) in [5, 5.41) is 4.66. The maximum atomic E-state index is 5.81. The number of thioether (sulfide) groups is 1. The molecule has 5 heteroatoms. The molecule has 0 aliphatic heterocycles. The average molecular weight is 298 g/mol. The van der Waals surface area contributed by atoms with Gasteiger partial charge in [-0.1, -0.05) is 16.8 Å². The van der Waals surface area contributed by atoms with E-state index in [0.717, 1.165) is 33.7 Å². The van der Waals surface area contributed by atoms with E-state index in [1.807, 2.05) is 49.9 Å². The standard InChI is InChI=1S/C14H16ClNO2S/c1-10-14(11(2)18-16-10)9-19-8-7-17-13-5-3-12(15)4-6-13/h3-6H,7-9H2,1-2H3. The number of aryl methyl sites for hydroxylation is 2. The van der Waals surface area contributed by atoms with Gasteiger partial charge in [-0.05, 0) is 38.1 Å². The Balaban J connectivity index is 1.69. The second-order valence-corrected chi connectivity index (χ2v) is 5.70. The molecule has 2 rings (SSSR count). The Morgan fingerprint density at radius 3 is 2.63 bits per heavy atom. The van der Waals surface area contributed by atoms with Gasteiger partial charge in [0.2, 0.25) is 0 Å². The van der Waals surface area contributed by atoms with Crippen LogP contribution >= 0.6 is 23.4 Å². The maximum Gasteiger partial charge on any atom is 0.137 e. The van der Waals surface area contributed by atoms with Crippen LogP contribution in [0, 0.1) is 13.8 Å². The molecule has 0 spiro atoms. The van der Waals surface area contributed by atoms with Crippen molar-refractivity contribution in [3.63, 3.8) is 0 Å². The predicted molar refractivity (Wildman–Crippen MR) is 79.1 cm³/mol. The summed E-state index contributed by atoms with van der Waals surface area (Å²) in [4.78, 5) is 0. The van der Waals surface area contributed by atoms with Crippen molar-refractivity contribution < 1.29 is 9.26 Å². The minimum atomic E-state index is 0.676. The fourth-order valence-corrected chi connectivity index (χ4v) is 2.72. The van der Waals surface area contributed by atoms with Gasteiger partial charge in [0, 0.05) is 22.1 Å². The second-order valence-electron chi connectivity index (χ2n) is 4.16. The summed E-state index contributed by atoms with van der Waals surface area (Å²) in [5.41, 5.74) is 2.17. The summed E-state index contributed by atoms with van der Waals surface area (Å²) in [7, 11) is 0. The van der Waals surface area contributed by atoms with Crippen LogP contribution in [0.3, 0.4) is 0 Å². The molecule has 1 aromatic heterocycles. The number of nitrogens with zero attached hydrogens (tertiary/aromatic N) is 1. The molecule has 3 nitrogen and oxygen atoms in total. The molecule has 0 unspecified atom stereocenters. The van der Waals surface area contributed by atoms with Crippen LogP contribution < -0.4 is 4.74 Å². The molecule has 0 aliphatic rings. The van der Waals surface area contributed by atoms with E-state index in [-0.39, 0.29) is 0 Å². The number of benzene rings is 1. The van der Waals surface area contributed by atoms with Gasteiger partial charge in [0.05, 0.1) is 12.3 Å². The second kappa shape index (κ2) is 6.87. The van der Waals surface area contributed by atoms with Gasteiger partial charge in [-0.25, -0.2) is 0 Å². The molecule has 0 saturated heterocycles. The molecule has 0 fully saturated rings. The van der Waals surface area contributed by atoms with Crippen molar-refractivity contribution >= 4 is 23.4 Å². The number of halogens is 1. The zero-order valence-electron chi connectivity index (χ0n) is 11.0. The first-order valence-electron chi connectivity index (χ1n) is 6.04. The van der Waals surface area contributed by atoms with E-state index < -0.39 is 0 Å². The number of aromatic nitrogens is 1. The molecule has 0 N–H and O–H groups in total. The molecule has 1 aromatic carbocycles. The van der Waals surface area contributed by atoms with Crippen molar-refractivity contribution in [1.82, 2.24) is 5.16 Å². The molecule has 0 aliphatic carbocycles. The summed E-state index contributed by atoms with van der Waals surface area (Å²) >= 11 is 7.62. The number of hydrogen-bond acceptors (Lipinski definition) is 4. The smallest absolute Gasteiger partial charge is 0.137 e. The van der Waals surface area contributed by atoms with Gasteiger partial charge < -0.3 is 9.26 Å². The Kier molecular flexibility index (Phi) is 5.16. The fraction of sp³-hybridized carbons (Fsp3) is 0.357. The highest BCUT2D eigenvalue weighted by atomic mass is 35.5. The maximum absolute atomic E-state index is 5.81. The Morgan fingerprint density at radius 2 is 2.00 bits per heavy atom. The lowest BCUT2D eigenvalue weighted by molar-refractivity contribution is 0.344. The summed E-state index contributed by atoms with van der Waals surface area (Å²) in [6, 6.07) is 7.41. The van der Waals surface area contributed by atoms with E-state index in [2.05, 4.69) is 5.16 Å². The highest BCUT2D eigenvalue weighted by Crippen LogP contribution is 2.20. The lowest BCUT2D eigenvalue weighted by atomic mass is 10.2. The minimum Gasteiger partial charge on any atom is -0.493 e. The van der Waals surface area contributed by atoms with E-state index in [1.165, 1.54) is 5.56 Å². The minimum absolute atomic E-state index is 0.676. The molecular weight excluding hydrogens is 282 g/mol. The van der Waals surface area contributed by atoms with Gasteiger partial charge in [0.25, 0.3) is 0 Å². The first-order valence-corrected chi connectivity index (χ1v) is 7.58. The van der Waals surface area contributed by atoms with E-state index in [0.29, 0.717) is 6.61 Å². The fourth-order valence-electron chi connectivity index (χ4n) is 1.63. The van der Waals surface area contributed by atoms with E-state index in [1.54, 1.807) is 0 Å². The van der Waals surface area contributed by atoms with Crippen molar-refractivity contribution in [2.24, 2.45) is 0 Å². The summed E-state index contributed by atoms with van der Waals surface area (Å²) < 4.78 is 10.7. The molecule has 102 valence electrons. The number of hydrogen-bond donors (Lipinski definition) is 0. The van der Waals surface area contributed by atoms with Gasteiger partial charge in [-0.15, -0.1) is 0 Å². The third-order valence-electron chi connectivity index (χ3n) is 2.74. The van der Waals surface area contributed by atoms with Crippen molar-refractivity contribution in [1.29, 1.82) is 0 Å². The molecule has 0 radical (unpaired) electrons. The van der Waals surface area contributed by atoms with Crippen molar-refractivity contribution in [2.75, 3.05) is 12.4 Å². The van der Waals surface area contributed by atoms with Crippen molar-refractivity contribution in [3.8, 4) is 5.75 Å². The van der Waals surface area contributed by atoms with Crippen LogP contribution in [0.25, 0.3) is 0 Å². The van der Waals surface area contributed by atoms with Gasteiger partial charge in [0.1, 0.15) is 11.5 Å². The van der Waals surface area contributed by atoms with Crippen LogP contribution in [0.1, 0.15) is 17.0 Å². The van der Waals surface area contributed by atoms with Gasteiger partial charge in [-0.2, -0.15) is 11.8 Å². The number of rotatable bonds is 6. The van der Waals surface area contributed by atoms with E-state index in [4.69, 9.17) is 20.9 Å². The average Bonchev–Trinajstić information content (AvgIpc) is 2.72. The number of ether oxygens (including phenoxy) is 1.